The average molecular weight is 306 g/mol. The van der Waals surface area contributed by atoms with Crippen molar-refractivity contribution in [2.24, 2.45) is 11.8 Å². The highest BCUT2D eigenvalue weighted by molar-refractivity contribution is 5.76. The lowest BCUT2D eigenvalue weighted by atomic mass is 9.84. The van der Waals surface area contributed by atoms with Gasteiger partial charge in [0.15, 0.2) is 0 Å². The summed E-state index contributed by atoms with van der Waals surface area (Å²) in [5.41, 5.74) is 0.654. The first-order valence-electron chi connectivity index (χ1n) is 8.29. The predicted molar refractivity (Wildman–Crippen MR) is 87.1 cm³/mol. The Labute approximate surface area is 132 Å². The van der Waals surface area contributed by atoms with Crippen molar-refractivity contribution < 1.29 is 9.18 Å². The number of piperidine rings is 1. The Bertz CT molecular complexity index is 486. The van der Waals surface area contributed by atoms with Gasteiger partial charge in [-0.05, 0) is 62.7 Å². The van der Waals surface area contributed by atoms with E-state index in [0.717, 1.165) is 25.9 Å². The maximum absolute atomic E-state index is 13.6. The van der Waals surface area contributed by atoms with Gasteiger partial charge in [0.2, 0.25) is 5.91 Å². The minimum Gasteiger partial charge on any atom is -0.353 e. The van der Waals surface area contributed by atoms with Crippen molar-refractivity contribution in [1.82, 2.24) is 10.6 Å². The summed E-state index contributed by atoms with van der Waals surface area (Å²) < 4.78 is 13.6. The van der Waals surface area contributed by atoms with Gasteiger partial charge >= 0.3 is 0 Å². The summed E-state index contributed by atoms with van der Waals surface area (Å²) in [6, 6.07) is 6.69. The van der Waals surface area contributed by atoms with E-state index in [1.54, 1.807) is 12.1 Å². The third-order valence-electron chi connectivity index (χ3n) is 4.59. The lowest BCUT2D eigenvalue weighted by Gasteiger charge is -2.28. The number of benzene rings is 1. The topological polar surface area (TPSA) is 41.1 Å². The smallest absolute Gasteiger partial charge is 0.220 e. The number of carbonyl (C=O) groups excluding carboxylic acids is 1. The van der Waals surface area contributed by atoms with E-state index in [2.05, 4.69) is 17.6 Å². The van der Waals surface area contributed by atoms with Crippen LogP contribution in [0.1, 0.15) is 38.7 Å². The minimum atomic E-state index is -0.202. The maximum atomic E-state index is 13.6. The summed E-state index contributed by atoms with van der Waals surface area (Å²) in [5, 5.41) is 6.36. The van der Waals surface area contributed by atoms with Crippen LogP contribution in [-0.2, 0) is 11.2 Å². The van der Waals surface area contributed by atoms with Crippen molar-refractivity contribution in [3.05, 3.63) is 35.6 Å². The second-order valence-electron chi connectivity index (χ2n) is 6.53. The first kappa shape index (κ1) is 16.9. The van der Waals surface area contributed by atoms with Gasteiger partial charge in [-0.1, -0.05) is 25.1 Å². The number of hydrogen-bond donors (Lipinski definition) is 2. The lowest BCUT2D eigenvalue weighted by Crippen LogP contribution is -2.37. The summed E-state index contributed by atoms with van der Waals surface area (Å²) in [5.74, 6) is 0.915. The van der Waals surface area contributed by atoms with Crippen LogP contribution in [0.15, 0.2) is 24.3 Å². The Balaban J connectivity index is 1.77. The summed E-state index contributed by atoms with van der Waals surface area (Å²) >= 11 is 0. The van der Waals surface area contributed by atoms with Crippen molar-refractivity contribution in [3.8, 4) is 0 Å². The molecule has 1 fully saturated rings. The Morgan fingerprint density at radius 3 is 2.68 bits per heavy atom. The Kier molecular flexibility index (Phi) is 6.37. The second-order valence-corrected chi connectivity index (χ2v) is 6.53. The van der Waals surface area contributed by atoms with Gasteiger partial charge in [0.1, 0.15) is 5.82 Å². The molecule has 1 aliphatic rings. The minimum absolute atomic E-state index is 0.0513. The van der Waals surface area contributed by atoms with E-state index in [0.29, 0.717) is 30.2 Å². The quantitative estimate of drug-likeness (QED) is 0.848. The van der Waals surface area contributed by atoms with Gasteiger partial charge in [0, 0.05) is 12.5 Å². The molecule has 1 heterocycles. The van der Waals surface area contributed by atoms with Crippen LogP contribution in [0.3, 0.4) is 0 Å². The van der Waals surface area contributed by atoms with Crippen LogP contribution in [-0.4, -0.2) is 25.0 Å². The molecule has 0 aromatic heterocycles. The highest BCUT2D eigenvalue weighted by atomic mass is 19.1. The first-order chi connectivity index (χ1) is 10.6. The Hall–Kier alpha value is -1.42. The molecule has 122 valence electrons. The van der Waals surface area contributed by atoms with Crippen molar-refractivity contribution >= 4 is 5.91 Å². The molecule has 2 rings (SSSR count). The molecule has 1 aliphatic heterocycles. The lowest BCUT2D eigenvalue weighted by molar-refractivity contribution is -0.122. The predicted octanol–water partition coefficient (Wildman–Crippen LogP) is 2.90. The molecular formula is C18H27FN2O. The van der Waals surface area contributed by atoms with Gasteiger partial charge < -0.3 is 10.6 Å². The van der Waals surface area contributed by atoms with E-state index in [-0.39, 0.29) is 17.8 Å². The molecule has 1 aromatic carbocycles. The molecule has 22 heavy (non-hydrogen) atoms. The molecule has 0 radical (unpaired) electrons. The van der Waals surface area contributed by atoms with Crippen LogP contribution in [0, 0.1) is 17.7 Å². The van der Waals surface area contributed by atoms with E-state index < -0.39 is 0 Å². The maximum Gasteiger partial charge on any atom is 0.220 e. The van der Waals surface area contributed by atoms with Crippen LogP contribution in [0.25, 0.3) is 0 Å². The third kappa shape index (κ3) is 5.09. The summed E-state index contributed by atoms with van der Waals surface area (Å²) in [7, 11) is 0. The van der Waals surface area contributed by atoms with Crippen LogP contribution < -0.4 is 10.6 Å². The van der Waals surface area contributed by atoms with E-state index in [1.165, 1.54) is 6.07 Å². The van der Waals surface area contributed by atoms with Crippen LogP contribution in [0.5, 0.6) is 0 Å². The normalized spacial score (nSPS) is 18.7. The molecular weight excluding hydrogens is 279 g/mol. The molecule has 2 unspecified atom stereocenters. The van der Waals surface area contributed by atoms with Crippen molar-refractivity contribution in [3.63, 3.8) is 0 Å². The van der Waals surface area contributed by atoms with E-state index in [9.17, 15) is 9.18 Å². The molecule has 0 bridgehead atoms. The first-order valence-corrected chi connectivity index (χ1v) is 8.29. The molecule has 1 aromatic rings. The Morgan fingerprint density at radius 2 is 2.00 bits per heavy atom. The standard InChI is InChI=1S/C18H27FN2O/c1-13(15-7-9-20-10-8-15)11-18(22)21-14(2)12-16-5-3-4-6-17(16)19/h3-6,13-15,20H,7-12H2,1-2H3,(H,21,22). The fraction of sp³-hybridized carbons (Fsp3) is 0.611. The highest BCUT2D eigenvalue weighted by Gasteiger charge is 2.22. The summed E-state index contributed by atoms with van der Waals surface area (Å²) in [6.45, 7) is 6.21. The van der Waals surface area contributed by atoms with Crippen molar-refractivity contribution in [2.45, 2.75) is 45.6 Å². The second kappa shape index (κ2) is 8.28. The molecule has 2 atom stereocenters. The summed E-state index contributed by atoms with van der Waals surface area (Å²) in [6.07, 6.45) is 3.39. The number of rotatable bonds is 6. The zero-order valence-corrected chi connectivity index (χ0v) is 13.6. The van der Waals surface area contributed by atoms with E-state index in [1.807, 2.05) is 13.0 Å². The summed E-state index contributed by atoms with van der Waals surface area (Å²) in [4.78, 5) is 12.2. The van der Waals surface area contributed by atoms with Gasteiger partial charge in [-0.2, -0.15) is 0 Å². The van der Waals surface area contributed by atoms with E-state index >= 15 is 0 Å². The Morgan fingerprint density at radius 1 is 1.32 bits per heavy atom. The number of amides is 1. The molecule has 0 spiro atoms. The number of carbonyl (C=O) groups is 1. The van der Waals surface area contributed by atoms with Gasteiger partial charge in [0.05, 0.1) is 0 Å². The largest absolute Gasteiger partial charge is 0.353 e. The molecule has 0 aliphatic carbocycles. The van der Waals surface area contributed by atoms with Gasteiger partial charge in [0.25, 0.3) is 0 Å². The van der Waals surface area contributed by atoms with Crippen LogP contribution >= 0.6 is 0 Å². The zero-order valence-electron chi connectivity index (χ0n) is 13.6. The van der Waals surface area contributed by atoms with Crippen molar-refractivity contribution in [2.75, 3.05) is 13.1 Å². The molecule has 1 saturated heterocycles. The van der Waals surface area contributed by atoms with Gasteiger partial charge in [-0.3, -0.25) is 4.79 Å². The number of halogens is 1. The monoisotopic (exact) mass is 306 g/mol. The SMILES string of the molecule is CC(Cc1ccccc1F)NC(=O)CC(C)C1CCNCC1. The molecule has 1 amide bonds. The number of nitrogens with one attached hydrogen (secondary N) is 2. The molecule has 0 saturated carbocycles. The fourth-order valence-corrected chi connectivity index (χ4v) is 3.25. The molecule has 2 N–H and O–H groups in total. The molecule has 4 heteroatoms. The van der Waals surface area contributed by atoms with Crippen LogP contribution in [0.2, 0.25) is 0 Å². The average Bonchev–Trinajstić information content (AvgIpc) is 2.50. The van der Waals surface area contributed by atoms with E-state index in [4.69, 9.17) is 0 Å². The highest BCUT2D eigenvalue weighted by Crippen LogP contribution is 2.24. The van der Waals surface area contributed by atoms with Crippen LogP contribution in [0.4, 0.5) is 4.39 Å². The fourth-order valence-electron chi connectivity index (χ4n) is 3.25. The molecule has 3 nitrogen and oxygen atoms in total. The number of hydrogen-bond acceptors (Lipinski definition) is 2. The van der Waals surface area contributed by atoms with Gasteiger partial charge in [-0.15, -0.1) is 0 Å². The van der Waals surface area contributed by atoms with Gasteiger partial charge in [-0.25, -0.2) is 4.39 Å². The third-order valence-corrected chi connectivity index (χ3v) is 4.59. The van der Waals surface area contributed by atoms with Crippen molar-refractivity contribution in [1.29, 1.82) is 0 Å². The zero-order chi connectivity index (χ0) is 15.9.